The summed E-state index contributed by atoms with van der Waals surface area (Å²) in [6.45, 7) is 3.94. The summed E-state index contributed by atoms with van der Waals surface area (Å²) in [5.74, 6) is 0. The zero-order valence-electron chi connectivity index (χ0n) is 83.5. The van der Waals surface area contributed by atoms with Gasteiger partial charge in [-0.3, -0.25) is 9.97 Å². The Bertz CT molecular complexity index is 5440. The molecule has 96 heteroatoms. The van der Waals surface area contributed by atoms with Crippen molar-refractivity contribution in [2.24, 2.45) is 0 Å². The van der Waals surface area contributed by atoms with E-state index in [-0.39, 0.29) is 0 Å². The maximum atomic E-state index is 7.29. The van der Waals surface area contributed by atoms with Crippen molar-refractivity contribution in [3.8, 4) is 67.0 Å². The number of aryl methyl sites for hydroxylation is 2. The maximum absolute atomic E-state index is 7.29. The molecule has 0 spiro atoms. The summed E-state index contributed by atoms with van der Waals surface area (Å²) in [4.78, 5) is 19.2. The maximum Gasteiger partial charge on any atom is 0.227 e. The minimum atomic E-state index is -2.09. The summed E-state index contributed by atoms with van der Waals surface area (Å²) in [5, 5.41) is 4.70. The van der Waals surface area contributed by atoms with E-state index in [1.165, 1.54) is 0 Å². The van der Waals surface area contributed by atoms with Crippen LogP contribution in [-0.4, -0.2) is 650 Å². The fourth-order valence-electron chi connectivity index (χ4n) is 24.2. The number of rotatable bonds is 49. The van der Waals surface area contributed by atoms with Crippen LogP contribution < -0.4 is 0 Å². The Balaban J connectivity index is 0.000000324. The van der Waals surface area contributed by atoms with Crippen LogP contribution in [0.25, 0.3) is 111 Å². The van der Waals surface area contributed by atoms with Crippen LogP contribution in [0.2, 0.25) is 5.02 Å². The van der Waals surface area contributed by atoms with Gasteiger partial charge in [0.1, 0.15) is 11.2 Å². The average Bonchev–Trinajstić information content (AvgIpc) is 1.15. The lowest BCUT2D eigenvalue weighted by molar-refractivity contribution is 0.653. The number of pyridine rings is 4. The van der Waals surface area contributed by atoms with Crippen LogP contribution in [0, 0.1) is 13.8 Å². The molecule has 91 radical (unpaired) electrons. The van der Waals surface area contributed by atoms with Crippen LogP contribution in [0.5, 0.6) is 0 Å². The van der Waals surface area contributed by atoms with E-state index >= 15 is 0 Å². The Labute approximate surface area is 966 Å². The minimum absolute atomic E-state index is 0.636. The van der Waals surface area contributed by atoms with E-state index in [1.54, 1.807) is 0 Å². The van der Waals surface area contributed by atoms with Gasteiger partial charge in [-0.15, -0.1) is 0 Å². The topological polar surface area (TPSA) is 77.8 Å². The summed E-state index contributed by atoms with van der Waals surface area (Å²) >= 11 is 6.94. The normalized spacial score (nSPS) is 10.5. The van der Waals surface area contributed by atoms with Gasteiger partial charge in [-0.25, -0.2) is 9.97 Å². The first kappa shape index (κ1) is 128. The number of furan rings is 2. The molecular weight excluding hydrogens is 1710 g/mol. The molecule has 0 bridgehead atoms. The number of fused-ring (bicyclic) bond motifs is 6. The fourth-order valence-corrected chi connectivity index (χ4v) is 24.4. The highest BCUT2D eigenvalue weighted by Crippen LogP contribution is 2.43. The summed E-state index contributed by atoms with van der Waals surface area (Å²) in [6.07, 6.45) is -72.1. The molecule has 0 atom stereocenters. The molecule has 0 amide bonds. The van der Waals surface area contributed by atoms with Crippen LogP contribution in [-0.2, 0) is 0 Å². The van der Waals surface area contributed by atoms with Crippen LogP contribution in [0.15, 0.2) is 173 Å². The monoisotopic (exact) mass is 1760 g/mol. The lowest BCUT2D eigenvalue weighted by atomic mass is 8.19. The zero-order chi connectivity index (χ0) is 110. The van der Waals surface area contributed by atoms with Crippen molar-refractivity contribution >= 4 is 686 Å². The molecule has 547 valence electrons. The molecule has 11 aromatic rings. The van der Waals surface area contributed by atoms with E-state index < -0.39 is 275 Å². The molecule has 0 fully saturated rings. The van der Waals surface area contributed by atoms with Crippen molar-refractivity contribution in [3.05, 3.63) is 180 Å². The quantitative estimate of drug-likeness (QED) is 0.0354. The van der Waals surface area contributed by atoms with Crippen molar-refractivity contribution in [2.45, 2.75) is 13.8 Å². The van der Waals surface area contributed by atoms with Gasteiger partial charge in [0.25, 0.3) is 0 Å². The molecule has 5 aromatic carbocycles. The second kappa shape index (κ2) is 57.1. The first-order chi connectivity index (χ1) is 69.5. The third kappa shape index (κ3) is 29.6. The molecule has 6 nitrogen and oxygen atoms in total. The van der Waals surface area contributed by atoms with Crippen molar-refractivity contribution in [1.82, 2.24) is 19.9 Å². The van der Waals surface area contributed by atoms with E-state index in [1.807, 2.05) is 74.8 Å². The summed E-state index contributed by atoms with van der Waals surface area (Å²) in [5.41, 5.74) is 16.4. The Kier molecular flexibility index (Phi) is 49.4. The fraction of sp³-hybridized carbons (Fsp3) is 0.0385. The molecule has 148 heavy (non-hydrogen) atoms. The molecule has 0 aliphatic carbocycles. The SMILES string of the molecule is Cc1ccc2c(n1)oc1c(-c3ccc(-c4ccccc4-c4cc(Cl)cc(-c5ccccc5-c5ccc(-c6cccc7c6oc6nc(C)ccc67)nc5)c4)cn3)cccc12.[B][B]B(B([B])[B])B(B([B])[B])B(B(B(B([B])[B])B([B])[B])B(B([B])[B])B([B])[B])B(B(B(B(B([B])[B])B([B])[B])B(B([B])[B])B([B])[B])B(B(B([B])[B])B([B])[B])B(B([B])[B])B([B])[B])B(B(B(B([B])[B])B([B])[B])B(B([B])[B])B([B])[B])B(B(B([B])[B])B([B])[B])B(B([B])[B])B([B])[B]. The number of para-hydroxylation sites is 2. The van der Waals surface area contributed by atoms with E-state index in [2.05, 4.69) is 113 Å². The minimum Gasteiger partial charge on any atom is -0.437 e. The second-order valence-corrected chi connectivity index (χ2v) is 40.3. The molecule has 6 heterocycles. The van der Waals surface area contributed by atoms with Crippen LogP contribution in [0.3, 0.4) is 0 Å². The van der Waals surface area contributed by atoms with Gasteiger partial charge in [0.2, 0.25) is 11.4 Å². The third-order valence-corrected chi connectivity index (χ3v) is 30.2. The smallest absolute Gasteiger partial charge is 0.227 e. The van der Waals surface area contributed by atoms with Crippen molar-refractivity contribution in [1.29, 1.82) is 0 Å². The zero-order valence-corrected chi connectivity index (χ0v) is 84.2. The van der Waals surface area contributed by atoms with Gasteiger partial charge in [-0.05, 0) is 114 Å². The lowest BCUT2D eigenvalue weighted by Gasteiger charge is -2.62. The highest BCUT2D eigenvalue weighted by Gasteiger charge is 2.68. The number of aromatic nitrogens is 4. The summed E-state index contributed by atoms with van der Waals surface area (Å²) in [6, 6.07) is 51.9. The van der Waals surface area contributed by atoms with Gasteiger partial charge in [0.15, 0.2) is 0 Å². The predicted molar refractivity (Wildman–Crippen MR) is 751 cm³/mol. The Hall–Kier alpha value is -1.63. The largest absolute Gasteiger partial charge is 0.437 e. The van der Waals surface area contributed by atoms with Crippen LogP contribution >= 0.6 is 11.6 Å². The number of hydrogen-bond donors (Lipinski definition) is 0. The van der Waals surface area contributed by atoms with Crippen molar-refractivity contribution in [3.63, 3.8) is 0 Å². The molecular formula is C52H33B89ClN4O2. The molecule has 11 rings (SSSR count). The summed E-state index contributed by atoms with van der Waals surface area (Å²) in [7, 11) is 315. The number of halogens is 1. The third-order valence-electron chi connectivity index (χ3n) is 30.0. The Morgan fingerprint density at radius 3 is 0.642 bits per heavy atom. The Morgan fingerprint density at radius 1 is 0.216 bits per heavy atom. The molecule has 0 unspecified atom stereocenters. The average molecular weight is 1740 g/mol. The van der Waals surface area contributed by atoms with Gasteiger partial charge >= 0.3 is 0 Å². The molecule has 0 saturated heterocycles. The highest BCUT2D eigenvalue weighted by molar-refractivity contribution is 8.43. The van der Waals surface area contributed by atoms with E-state index in [0.717, 1.165) is 118 Å². The van der Waals surface area contributed by atoms with Gasteiger partial charge in [0.05, 0.1) is 11.4 Å². The first-order valence-electron chi connectivity index (χ1n) is 48.8. The van der Waals surface area contributed by atoms with Crippen molar-refractivity contribution in [2.75, 3.05) is 0 Å². The molecule has 0 saturated carbocycles. The van der Waals surface area contributed by atoms with Gasteiger partial charge < -0.3 is 8.83 Å². The van der Waals surface area contributed by atoms with Crippen LogP contribution in [0.4, 0.5) is 0 Å². The lowest BCUT2D eigenvalue weighted by Crippen LogP contribution is -3.00. The predicted octanol–water partition coefficient (Wildman–Crippen LogP) is -19.6. The van der Waals surface area contributed by atoms with E-state index in [0.29, 0.717) is 16.4 Å². The van der Waals surface area contributed by atoms with Gasteiger partial charge in [-0.1, -0.05) is 96.5 Å². The number of hydrogen-bond acceptors (Lipinski definition) is 6. The van der Waals surface area contributed by atoms with Crippen molar-refractivity contribution < 1.29 is 8.83 Å². The molecule has 0 aliphatic rings. The second-order valence-electron chi connectivity index (χ2n) is 39.9. The number of benzene rings is 5. The molecule has 0 N–H and O–H groups in total. The van der Waals surface area contributed by atoms with Gasteiger partial charge in [0, 0.05) is 702 Å². The Morgan fingerprint density at radius 2 is 0.432 bits per heavy atom. The highest BCUT2D eigenvalue weighted by atomic mass is 35.5. The first-order valence-corrected chi connectivity index (χ1v) is 49.2. The number of nitrogens with zero attached hydrogens (tertiary/aromatic N) is 4. The van der Waals surface area contributed by atoms with Crippen LogP contribution in [0.1, 0.15) is 11.4 Å². The summed E-state index contributed by atoms with van der Waals surface area (Å²) < 4.78 is 12.6. The van der Waals surface area contributed by atoms with E-state index in [4.69, 9.17) is 379 Å². The standard InChI is InChI=1S/C52H33ClN4O2.B89/c1-30-17-21-43-41-13-7-15-45(49(41)58-51(43)56-30)47-23-19-32(28-54-47)37-9-3-5-11-39(37)34-25-35(27-36(53)26-34)40-12-6-4-10-38(40)33-20-24-48(55-29-33)46-16-8-14-42-44-22-18-31(2)57-52(44)59-50(42)46;1-46-69(47(2)3)80(68(44)45)86(81(70(48(4)5)49(6)7)71(50(8)9)51(10)11)89(87(82(72(52(12)13)53(14)15)73(54(16)17)55(18)19)83(74(56(20)21)57(22)23)75(58(24)25)59(26)27)88(84(76(60(28)29)61(30)31)77(62(32)33)63(34)35)85(78(64(36)37)65(38)39)79(66(40)41)67(42)43/h3-29H,1-2H3;. The van der Waals surface area contributed by atoms with Gasteiger partial charge in [-0.2, -0.15) is 0 Å². The van der Waals surface area contributed by atoms with E-state index in [9.17, 15) is 0 Å². The molecule has 6 aromatic heterocycles. The molecule has 0 aliphatic heterocycles.